The molecule has 0 saturated carbocycles. The summed E-state index contributed by atoms with van der Waals surface area (Å²) in [5.74, 6) is -2.30. The van der Waals surface area contributed by atoms with Crippen molar-refractivity contribution in [1.29, 1.82) is 0 Å². The summed E-state index contributed by atoms with van der Waals surface area (Å²) < 4.78 is 6.80. The minimum atomic E-state index is -1.25. The molecule has 1 N–H and O–H groups in total. The predicted molar refractivity (Wildman–Crippen MR) is 112 cm³/mol. The monoisotopic (exact) mass is 428 g/mol. The zero-order valence-electron chi connectivity index (χ0n) is 16.9. The molecular formula is C21H20N2O6S. The summed E-state index contributed by atoms with van der Waals surface area (Å²) in [7, 11) is 1.33. The van der Waals surface area contributed by atoms with E-state index in [1.54, 1.807) is 18.2 Å². The summed E-state index contributed by atoms with van der Waals surface area (Å²) in [6.07, 6.45) is 1.59. The van der Waals surface area contributed by atoms with Crippen LogP contribution in [0.4, 0.5) is 4.79 Å². The van der Waals surface area contributed by atoms with E-state index in [0.717, 1.165) is 28.2 Å². The third kappa shape index (κ3) is 3.76. The highest BCUT2D eigenvalue weighted by molar-refractivity contribution is 8.18. The number of ether oxygens (including phenoxy) is 1. The first kappa shape index (κ1) is 21.4. The van der Waals surface area contributed by atoms with Crippen molar-refractivity contribution in [2.75, 3.05) is 13.7 Å². The van der Waals surface area contributed by atoms with Gasteiger partial charge in [-0.15, -0.1) is 0 Å². The molecule has 1 aromatic heterocycles. The van der Waals surface area contributed by atoms with E-state index in [4.69, 9.17) is 9.84 Å². The van der Waals surface area contributed by atoms with Crippen LogP contribution in [0.5, 0.6) is 0 Å². The number of nitrogens with zero attached hydrogens (tertiary/aromatic N) is 2. The average molecular weight is 428 g/mol. The molecule has 0 aliphatic carbocycles. The first-order valence-corrected chi connectivity index (χ1v) is 9.81. The van der Waals surface area contributed by atoms with Crippen molar-refractivity contribution in [2.24, 2.45) is 0 Å². The molecule has 1 saturated heterocycles. The average Bonchev–Trinajstić information content (AvgIpc) is 3.11. The van der Waals surface area contributed by atoms with Gasteiger partial charge in [0, 0.05) is 17.1 Å². The van der Waals surface area contributed by atoms with Crippen LogP contribution in [0.2, 0.25) is 0 Å². The maximum absolute atomic E-state index is 12.4. The number of carbonyl (C=O) groups excluding carboxylic acids is 3. The Hall–Kier alpha value is -3.33. The van der Waals surface area contributed by atoms with E-state index in [1.165, 1.54) is 7.11 Å². The van der Waals surface area contributed by atoms with Crippen molar-refractivity contribution >= 4 is 40.9 Å². The van der Waals surface area contributed by atoms with Gasteiger partial charge in [0.25, 0.3) is 11.1 Å². The van der Waals surface area contributed by atoms with Crippen LogP contribution in [-0.2, 0) is 14.3 Å². The standard InChI is InChI=1S/C21H20N2O6S/c1-11-8-14(9-17-19(26)22(10-18(24)25)21(28)30-17)13(3)23(11)16-7-5-6-15(12(16)2)20(27)29-4/h5-9H,10H2,1-4H3,(H,24,25)/b17-9+. The molecule has 156 valence electrons. The van der Waals surface area contributed by atoms with Crippen LogP contribution in [-0.4, -0.2) is 51.3 Å². The summed E-state index contributed by atoms with van der Waals surface area (Å²) in [5, 5.41) is 8.28. The summed E-state index contributed by atoms with van der Waals surface area (Å²) in [6, 6.07) is 7.21. The largest absolute Gasteiger partial charge is 0.480 e. The maximum atomic E-state index is 12.4. The number of hydrogen-bond acceptors (Lipinski definition) is 6. The second kappa shape index (κ2) is 8.19. The third-order valence-electron chi connectivity index (χ3n) is 4.88. The molecule has 2 amide bonds. The lowest BCUT2D eigenvalue weighted by Gasteiger charge is -2.15. The van der Waals surface area contributed by atoms with Crippen molar-refractivity contribution in [1.82, 2.24) is 9.47 Å². The van der Waals surface area contributed by atoms with Gasteiger partial charge < -0.3 is 14.4 Å². The van der Waals surface area contributed by atoms with Crippen LogP contribution >= 0.6 is 11.8 Å². The molecule has 1 aromatic carbocycles. The molecule has 3 rings (SSSR count). The highest BCUT2D eigenvalue weighted by atomic mass is 32.2. The molecule has 0 unspecified atom stereocenters. The van der Waals surface area contributed by atoms with Crippen LogP contribution in [0.25, 0.3) is 11.8 Å². The fraction of sp³-hybridized carbons (Fsp3) is 0.238. The van der Waals surface area contributed by atoms with E-state index in [-0.39, 0.29) is 4.91 Å². The summed E-state index contributed by atoms with van der Waals surface area (Å²) in [4.78, 5) is 48.2. The molecule has 0 radical (unpaired) electrons. The van der Waals surface area contributed by atoms with Gasteiger partial charge in [0.1, 0.15) is 6.54 Å². The first-order chi connectivity index (χ1) is 14.1. The van der Waals surface area contributed by atoms with E-state index in [1.807, 2.05) is 37.5 Å². The second-order valence-corrected chi connectivity index (χ2v) is 7.76. The molecule has 9 heteroatoms. The molecule has 2 heterocycles. The fourth-order valence-electron chi connectivity index (χ4n) is 3.41. The van der Waals surface area contributed by atoms with Gasteiger partial charge in [-0.2, -0.15) is 0 Å². The number of carbonyl (C=O) groups is 4. The lowest BCUT2D eigenvalue weighted by Crippen LogP contribution is -2.33. The zero-order chi connectivity index (χ0) is 22.2. The second-order valence-electron chi connectivity index (χ2n) is 6.76. The number of esters is 1. The first-order valence-electron chi connectivity index (χ1n) is 9.00. The van der Waals surface area contributed by atoms with Crippen LogP contribution in [0.15, 0.2) is 29.2 Å². The smallest absolute Gasteiger partial charge is 0.338 e. The number of benzene rings is 1. The zero-order valence-corrected chi connectivity index (χ0v) is 17.7. The molecule has 2 aromatic rings. The molecular weight excluding hydrogens is 408 g/mol. The third-order valence-corrected chi connectivity index (χ3v) is 5.78. The Morgan fingerprint density at radius 1 is 1.20 bits per heavy atom. The van der Waals surface area contributed by atoms with Crippen LogP contribution < -0.4 is 0 Å². The number of methoxy groups -OCH3 is 1. The van der Waals surface area contributed by atoms with Gasteiger partial charge in [0.05, 0.1) is 17.6 Å². The van der Waals surface area contributed by atoms with Crippen molar-refractivity contribution in [3.8, 4) is 5.69 Å². The van der Waals surface area contributed by atoms with E-state index < -0.39 is 29.6 Å². The highest BCUT2D eigenvalue weighted by Crippen LogP contribution is 2.34. The Kier molecular flexibility index (Phi) is 5.84. The van der Waals surface area contributed by atoms with Gasteiger partial charge in [0.2, 0.25) is 0 Å². The Labute approximate surface area is 177 Å². The van der Waals surface area contributed by atoms with Crippen LogP contribution in [0.1, 0.15) is 32.9 Å². The number of carboxylic acid groups (broad SMARTS) is 1. The number of hydrogen-bond donors (Lipinski definition) is 1. The van der Waals surface area contributed by atoms with Gasteiger partial charge >= 0.3 is 11.9 Å². The molecule has 0 atom stereocenters. The van der Waals surface area contributed by atoms with Crippen molar-refractivity contribution in [3.05, 3.63) is 57.2 Å². The number of aryl methyl sites for hydroxylation is 1. The Morgan fingerprint density at radius 2 is 1.90 bits per heavy atom. The van der Waals surface area contributed by atoms with Crippen molar-refractivity contribution in [2.45, 2.75) is 20.8 Å². The fourth-order valence-corrected chi connectivity index (χ4v) is 4.24. The number of aliphatic carboxylic acids is 1. The number of carboxylic acids is 1. The van der Waals surface area contributed by atoms with Gasteiger partial charge in [-0.25, -0.2) is 4.79 Å². The highest BCUT2D eigenvalue weighted by Gasteiger charge is 2.36. The minimum Gasteiger partial charge on any atom is -0.480 e. The summed E-state index contributed by atoms with van der Waals surface area (Å²) in [5.41, 5.74) is 4.40. The van der Waals surface area contributed by atoms with E-state index in [2.05, 4.69) is 0 Å². The summed E-state index contributed by atoms with van der Waals surface area (Å²) >= 11 is 0.715. The number of aromatic nitrogens is 1. The topological polar surface area (TPSA) is 106 Å². The Balaban J connectivity index is 2.03. The molecule has 0 bridgehead atoms. The van der Waals surface area contributed by atoms with Crippen LogP contribution in [0, 0.1) is 20.8 Å². The van der Waals surface area contributed by atoms with E-state index in [0.29, 0.717) is 22.2 Å². The lowest BCUT2D eigenvalue weighted by molar-refractivity contribution is -0.140. The van der Waals surface area contributed by atoms with E-state index in [9.17, 15) is 19.2 Å². The lowest BCUT2D eigenvalue weighted by atomic mass is 10.1. The summed E-state index contributed by atoms with van der Waals surface area (Å²) in [6.45, 7) is 4.92. The Morgan fingerprint density at radius 3 is 2.53 bits per heavy atom. The predicted octanol–water partition coefficient (Wildman–Crippen LogP) is 3.31. The number of rotatable bonds is 5. The van der Waals surface area contributed by atoms with Gasteiger partial charge in [-0.05, 0) is 67.9 Å². The molecule has 0 spiro atoms. The van der Waals surface area contributed by atoms with Crippen LogP contribution in [0.3, 0.4) is 0 Å². The van der Waals surface area contributed by atoms with E-state index >= 15 is 0 Å². The number of imide groups is 1. The Bertz CT molecular complexity index is 1110. The number of thioether (sulfide) groups is 1. The number of amides is 2. The molecule has 1 fully saturated rings. The quantitative estimate of drug-likeness (QED) is 0.575. The van der Waals surface area contributed by atoms with Gasteiger partial charge in [-0.3, -0.25) is 19.3 Å². The van der Waals surface area contributed by atoms with Crippen molar-refractivity contribution < 1.29 is 29.0 Å². The van der Waals surface area contributed by atoms with Gasteiger partial charge in [0.15, 0.2) is 0 Å². The molecule has 1 aliphatic heterocycles. The molecule has 8 nitrogen and oxygen atoms in total. The molecule has 1 aliphatic rings. The normalized spacial score (nSPS) is 15.2. The molecule has 30 heavy (non-hydrogen) atoms. The van der Waals surface area contributed by atoms with Gasteiger partial charge in [-0.1, -0.05) is 6.07 Å². The minimum absolute atomic E-state index is 0.168. The maximum Gasteiger partial charge on any atom is 0.338 e. The SMILES string of the molecule is COC(=O)c1cccc(-n2c(C)cc(/C=C3/SC(=O)N(CC(=O)O)C3=O)c2C)c1C. The van der Waals surface area contributed by atoms with Crippen molar-refractivity contribution in [3.63, 3.8) is 0 Å².